The molecule has 0 bridgehead atoms. The quantitative estimate of drug-likeness (QED) is 0.603. The number of aryl methyl sites for hydroxylation is 2. The van der Waals surface area contributed by atoms with Crippen LogP contribution in [0.15, 0.2) is 59.2 Å². The number of halogens is 1. The van der Waals surface area contributed by atoms with E-state index in [1.54, 1.807) is 12.1 Å². The number of Topliss-reactive ketones (excluding diaryl/α,β-unsaturated/α-hetero) is 1. The van der Waals surface area contributed by atoms with Crippen molar-refractivity contribution in [3.05, 3.63) is 86.5 Å². The SMILES string of the molecule is Cc1cc(C)c([C@@H]2C(C#N)=C(N)OC3=C2C(=O)CC(C)(C)C3)cc1COc1ccc(Cl)cc1. The van der Waals surface area contributed by atoms with Crippen molar-refractivity contribution >= 4 is 17.4 Å². The molecule has 5 nitrogen and oxygen atoms in total. The molecule has 1 aliphatic heterocycles. The van der Waals surface area contributed by atoms with Gasteiger partial charge in [0.25, 0.3) is 0 Å². The summed E-state index contributed by atoms with van der Waals surface area (Å²) in [6.45, 7) is 8.43. The van der Waals surface area contributed by atoms with Gasteiger partial charge in [-0.15, -0.1) is 0 Å². The van der Waals surface area contributed by atoms with Gasteiger partial charge < -0.3 is 15.2 Å². The van der Waals surface area contributed by atoms with Crippen LogP contribution in [0.5, 0.6) is 5.75 Å². The van der Waals surface area contributed by atoms with E-state index in [9.17, 15) is 10.1 Å². The lowest BCUT2D eigenvalue weighted by molar-refractivity contribution is -0.119. The molecular formula is C27H27ClN2O3. The van der Waals surface area contributed by atoms with Crippen molar-refractivity contribution in [2.75, 3.05) is 0 Å². The summed E-state index contributed by atoms with van der Waals surface area (Å²) in [5.74, 6) is 0.827. The molecule has 0 saturated carbocycles. The van der Waals surface area contributed by atoms with Gasteiger partial charge in [0.15, 0.2) is 5.78 Å². The Hall–Kier alpha value is -3.23. The zero-order valence-electron chi connectivity index (χ0n) is 19.3. The lowest BCUT2D eigenvalue weighted by atomic mass is 9.69. The minimum Gasteiger partial charge on any atom is -0.489 e. The molecule has 170 valence electrons. The van der Waals surface area contributed by atoms with Crippen LogP contribution in [0.1, 0.15) is 54.9 Å². The Morgan fingerprint density at radius 2 is 1.88 bits per heavy atom. The van der Waals surface area contributed by atoms with Crippen LogP contribution in [-0.2, 0) is 16.1 Å². The van der Waals surface area contributed by atoms with Gasteiger partial charge in [0.2, 0.25) is 5.88 Å². The number of nitrogens with zero attached hydrogens (tertiary/aromatic N) is 1. The first-order valence-electron chi connectivity index (χ1n) is 10.9. The predicted molar refractivity (Wildman–Crippen MR) is 127 cm³/mol. The Balaban J connectivity index is 1.77. The average Bonchev–Trinajstić information content (AvgIpc) is 2.72. The molecule has 0 radical (unpaired) electrons. The highest BCUT2D eigenvalue weighted by Crippen LogP contribution is 2.48. The summed E-state index contributed by atoms with van der Waals surface area (Å²) in [5, 5.41) is 10.6. The molecule has 2 aromatic rings. The Labute approximate surface area is 199 Å². The fraction of sp³-hybridized carbons (Fsp3) is 0.333. The molecule has 1 atom stereocenters. The van der Waals surface area contributed by atoms with E-state index in [0.29, 0.717) is 41.6 Å². The molecule has 0 saturated heterocycles. The van der Waals surface area contributed by atoms with E-state index in [1.807, 2.05) is 45.9 Å². The van der Waals surface area contributed by atoms with Crippen LogP contribution in [0.2, 0.25) is 5.02 Å². The van der Waals surface area contributed by atoms with Crippen molar-refractivity contribution in [3.8, 4) is 11.8 Å². The van der Waals surface area contributed by atoms with Crippen molar-refractivity contribution in [1.82, 2.24) is 0 Å². The molecule has 0 spiro atoms. The molecule has 4 rings (SSSR count). The van der Waals surface area contributed by atoms with Gasteiger partial charge in [-0.3, -0.25) is 4.79 Å². The minimum absolute atomic E-state index is 0.00504. The molecular weight excluding hydrogens is 436 g/mol. The lowest BCUT2D eigenvalue weighted by Gasteiger charge is -2.37. The second-order valence-corrected chi connectivity index (χ2v) is 10.0. The van der Waals surface area contributed by atoms with E-state index in [4.69, 9.17) is 26.8 Å². The summed E-state index contributed by atoms with van der Waals surface area (Å²) < 4.78 is 11.8. The number of hydrogen-bond donors (Lipinski definition) is 1. The molecule has 2 aromatic carbocycles. The fourth-order valence-electron chi connectivity index (χ4n) is 4.67. The maximum Gasteiger partial charge on any atom is 0.205 e. The summed E-state index contributed by atoms with van der Waals surface area (Å²) >= 11 is 5.96. The van der Waals surface area contributed by atoms with Crippen LogP contribution in [0.4, 0.5) is 0 Å². The van der Waals surface area contributed by atoms with Crippen molar-refractivity contribution in [1.29, 1.82) is 5.26 Å². The van der Waals surface area contributed by atoms with Gasteiger partial charge in [0.05, 0.1) is 5.92 Å². The molecule has 6 heteroatoms. The summed E-state index contributed by atoms with van der Waals surface area (Å²) in [4.78, 5) is 13.3. The maximum atomic E-state index is 13.3. The molecule has 1 aliphatic carbocycles. The zero-order valence-corrected chi connectivity index (χ0v) is 20.0. The molecule has 0 amide bonds. The topological polar surface area (TPSA) is 85.3 Å². The van der Waals surface area contributed by atoms with Gasteiger partial charge >= 0.3 is 0 Å². The molecule has 0 aromatic heterocycles. The van der Waals surface area contributed by atoms with Crippen LogP contribution < -0.4 is 10.5 Å². The summed E-state index contributed by atoms with van der Waals surface area (Å²) in [7, 11) is 0. The van der Waals surface area contributed by atoms with Gasteiger partial charge in [-0.25, -0.2) is 0 Å². The van der Waals surface area contributed by atoms with E-state index < -0.39 is 5.92 Å². The number of ketones is 1. The molecule has 33 heavy (non-hydrogen) atoms. The number of carbonyl (C=O) groups is 1. The van der Waals surface area contributed by atoms with Crippen LogP contribution >= 0.6 is 11.6 Å². The Kier molecular flexibility index (Phi) is 5.99. The minimum atomic E-state index is -0.544. The number of rotatable bonds is 4. The molecule has 0 unspecified atom stereocenters. The standard InChI is InChI=1S/C27H27ClN2O3/c1-15-9-16(2)20(10-17(15)14-32-19-7-5-18(28)6-8-19)24-21(13-29)26(30)33-23-12-27(3,4)11-22(31)25(23)24/h5-10,24H,11-12,14,30H2,1-4H3/t24-/m1/s1. The van der Waals surface area contributed by atoms with E-state index >= 15 is 0 Å². The summed E-state index contributed by atoms with van der Waals surface area (Å²) in [6.07, 6.45) is 1.00. The third-order valence-electron chi connectivity index (χ3n) is 6.32. The third kappa shape index (κ3) is 4.49. The number of benzene rings is 2. The van der Waals surface area contributed by atoms with Gasteiger partial charge in [-0.1, -0.05) is 37.6 Å². The molecule has 1 heterocycles. The second kappa shape index (κ2) is 8.61. The first-order valence-corrected chi connectivity index (χ1v) is 11.3. The Bertz CT molecular complexity index is 1230. The summed E-state index contributed by atoms with van der Waals surface area (Å²) in [6, 6.07) is 13.5. The monoisotopic (exact) mass is 462 g/mol. The second-order valence-electron chi connectivity index (χ2n) is 9.58. The highest BCUT2D eigenvalue weighted by Gasteiger charge is 2.43. The number of ether oxygens (including phenoxy) is 2. The van der Waals surface area contributed by atoms with Crippen molar-refractivity contribution in [2.45, 2.75) is 53.1 Å². The first-order chi connectivity index (χ1) is 15.6. The number of allylic oxidation sites excluding steroid dienone is 3. The third-order valence-corrected chi connectivity index (χ3v) is 6.57. The van der Waals surface area contributed by atoms with E-state index in [-0.39, 0.29) is 22.7 Å². The maximum absolute atomic E-state index is 13.3. The zero-order chi connectivity index (χ0) is 23.9. The van der Waals surface area contributed by atoms with E-state index in [2.05, 4.69) is 12.1 Å². The number of nitrogens with two attached hydrogens (primary N) is 1. The van der Waals surface area contributed by atoms with Crippen LogP contribution in [0.25, 0.3) is 0 Å². The van der Waals surface area contributed by atoms with Crippen LogP contribution in [0.3, 0.4) is 0 Å². The highest BCUT2D eigenvalue weighted by atomic mass is 35.5. The normalized spacial score (nSPS) is 19.6. The highest BCUT2D eigenvalue weighted by molar-refractivity contribution is 6.30. The number of nitriles is 1. The first kappa shape index (κ1) is 22.9. The average molecular weight is 463 g/mol. The van der Waals surface area contributed by atoms with Gasteiger partial charge in [0, 0.05) is 23.4 Å². The van der Waals surface area contributed by atoms with Gasteiger partial charge in [0.1, 0.15) is 29.8 Å². The van der Waals surface area contributed by atoms with Crippen LogP contribution in [0, 0.1) is 30.6 Å². The summed E-state index contributed by atoms with van der Waals surface area (Å²) in [5.41, 5.74) is 10.7. The molecule has 2 aliphatic rings. The lowest BCUT2D eigenvalue weighted by Crippen LogP contribution is -2.33. The largest absolute Gasteiger partial charge is 0.489 e. The molecule has 0 fully saturated rings. The van der Waals surface area contributed by atoms with Crippen LogP contribution in [-0.4, -0.2) is 5.78 Å². The van der Waals surface area contributed by atoms with Gasteiger partial charge in [-0.05, 0) is 65.8 Å². The number of hydrogen-bond acceptors (Lipinski definition) is 5. The van der Waals surface area contributed by atoms with E-state index in [0.717, 1.165) is 22.3 Å². The van der Waals surface area contributed by atoms with E-state index in [1.165, 1.54) is 0 Å². The van der Waals surface area contributed by atoms with Crippen molar-refractivity contribution < 1.29 is 14.3 Å². The molecule has 2 N–H and O–H groups in total. The number of carbonyl (C=O) groups excluding carboxylic acids is 1. The van der Waals surface area contributed by atoms with Crippen molar-refractivity contribution in [2.24, 2.45) is 11.1 Å². The Morgan fingerprint density at radius 3 is 2.55 bits per heavy atom. The fourth-order valence-corrected chi connectivity index (χ4v) is 4.80. The smallest absolute Gasteiger partial charge is 0.205 e. The van der Waals surface area contributed by atoms with Gasteiger partial charge in [-0.2, -0.15) is 5.26 Å². The van der Waals surface area contributed by atoms with Crippen molar-refractivity contribution in [3.63, 3.8) is 0 Å². The predicted octanol–water partition coefficient (Wildman–Crippen LogP) is 5.99. The Morgan fingerprint density at radius 1 is 1.18 bits per heavy atom.